The van der Waals surface area contributed by atoms with Crippen LogP contribution in [-0.2, 0) is 25.6 Å². The highest BCUT2D eigenvalue weighted by Crippen LogP contribution is 2.12. The normalized spacial score (nSPS) is 16.3. The standard InChI is InChI=1S/C22H34N4O8/c1-4-11(2)17(23)20(31)25-16(10-27)19(30)26-18(12(3)28)21(32)24-15(22(33)34)9-13-5-7-14(29)8-6-13/h5-8,11-12,15-18,27-29H,4,9-10,23H2,1-3H3,(H,24,32)(H,25,31)(H,26,30)(H,33,34). The summed E-state index contributed by atoms with van der Waals surface area (Å²) in [5, 5.41) is 45.2. The molecular weight excluding hydrogens is 448 g/mol. The molecule has 1 aromatic rings. The van der Waals surface area contributed by atoms with E-state index in [-0.39, 0.29) is 18.1 Å². The Balaban J connectivity index is 2.88. The smallest absolute Gasteiger partial charge is 0.326 e. The van der Waals surface area contributed by atoms with Gasteiger partial charge >= 0.3 is 5.97 Å². The third-order valence-corrected chi connectivity index (χ3v) is 5.43. The second-order valence-corrected chi connectivity index (χ2v) is 8.15. The number of aliphatic hydroxyl groups excluding tert-OH is 2. The Morgan fingerprint density at radius 3 is 1.97 bits per heavy atom. The molecule has 12 heteroatoms. The van der Waals surface area contributed by atoms with Crippen molar-refractivity contribution in [2.75, 3.05) is 6.61 Å². The lowest BCUT2D eigenvalue weighted by molar-refractivity contribution is -0.143. The third kappa shape index (κ3) is 8.61. The molecule has 0 aliphatic heterocycles. The zero-order valence-electron chi connectivity index (χ0n) is 19.4. The van der Waals surface area contributed by atoms with Crippen molar-refractivity contribution in [1.29, 1.82) is 0 Å². The largest absolute Gasteiger partial charge is 0.508 e. The first-order chi connectivity index (χ1) is 15.9. The molecule has 0 radical (unpaired) electrons. The lowest BCUT2D eigenvalue weighted by Crippen LogP contribution is -2.61. The van der Waals surface area contributed by atoms with Crippen LogP contribution < -0.4 is 21.7 Å². The summed E-state index contributed by atoms with van der Waals surface area (Å²) in [5.41, 5.74) is 6.35. The first-order valence-electron chi connectivity index (χ1n) is 10.9. The maximum Gasteiger partial charge on any atom is 0.326 e. The molecule has 34 heavy (non-hydrogen) atoms. The number of aromatic hydroxyl groups is 1. The van der Waals surface area contributed by atoms with Crippen LogP contribution in [0.25, 0.3) is 0 Å². The fraction of sp³-hybridized carbons (Fsp3) is 0.545. The summed E-state index contributed by atoms with van der Waals surface area (Å²) in [6, 6.07) is 0.397. The minimum absolute atomic E-state index is 0.00724. The van der Waals surface area contributed by atoms with Gasteiger partial charge in [-0.3, -0.25) is 14.4 Å². The highest BCUT2D eigenvalue weighted by molar-refractivity contribution is 5.94. The number of nitrogens with one attached hydrogen (secondary N) is 3. The molecule has 12 nitrogen and oxygen atoms in total. The number of phenolic OH excluding ortho intramolecular Hbond substituents is 1. The van der Waals surface area contributed by atoms with Crippen LogP contribution in [0.4, 0.5) is 0 Å². The van der Waals surface area contributed by atoms with E-state index in [0.29, 0.717) is 12.0 Å². The molecule has 6 unspecified atom stereocenters. The van der Waals surface area contributed by atoms with Gasteiger partial charge in [0.05, 0.1) is 18.8 Å². The predicted octanol–water partition coefficient (Wildman–Crippen LogP) is -1.78. The Hall–Kier alpha value is -3.22. The fourth-order valence-electron chi connectivity index (χ4n) is 2.96. The number of nitrogens with two attached hydrogens (primary N) is 1. The van der Waals surface area contributed by atoms with E-state index in [9.17, 15) is 39.6 Å². The molecule has 0 bridgehead atoms. The Morgan fingerprint density at radius 2 is 1.50 bits per heavy atom. The van der Waals surface area contributed by atoms with E-state index in [0.717, 1.165) is 0 Å². The van der Waals surface area contributed by atoms with Crippen molar-refractivity contribution in [3.63, 3.8) is 0 Å². The number of rotatable bonds is 13. The number of hydrogen-bond acceptors (Lipinski definition) is 8. The van der Waals surface area contributed by atoms with Gasteiger partial charge in [-0.1, -0.05) is 32.4 Å². The number of benzene rings is 1. The molecule has 6 atom stereocenters. The summed E-state index contributed by atoms with van der Waals surface area (Å²) < 4.78 is 0. The average Bonchev–Trinajstić information content (AvgIpc) is 2.79. The molecule has 0 aromatic heterocycles. The minimum Gasteiger partial charge on any atom is -0.508 e. The lowest BCUT2D eigenvalue weighted by atomic mass is 9.99. The minimum atomic E-state index is -1.57. The molecule has 1 aromatic carbocycles. The Labute approximate surface area is 197 Å². The van der Waals surface area contributed by atoms with Crippen LogP contribution in [0.15, 0.2) is 24.3 Å². The number of carboxylic acids is 1. The fourth-order valence-corrected chi connectivity index (χ4v) is 2.96. The van der Waals surface area contributed by atoms with Gasteiger partial charge in [0.15, 0.2) is 0 Å². The molecular formula is C22H34N4O8. The van der Waals surface area contributed by atoms with E-state index in [2.05, 4.69) is 16.0 Å². The summed E-state index contributed by atoms with van der Waals surface area (Å²) in [6.45, 7) is 4.01. The number of carbonyl (C=O) groups excluding carboxylic acids is 3. The number of carboxylic acid groups (broad SMARTS) is 1. The summed E-state index contributed by atoms with van der Waals surface area (Å²) >= 11 is 0. The average molecular weight is 483 g/mol. The number of aliphatic carboxylic acids is 1. The molecule has 1 rings (SSSR count). The summed E-state index contributed by atoms with van der Waals surface area (Å²) in [4.78, 5) is 49.1. The SMILES string of the molecule is CCC(C)C(N)C(=O)NC(CO)C(=O)NC(C(=O)NC(Cc1ccc(O)cc1)C(=O)O)C(C)O. The predicted molar refractivity (Wildman–Crippen MR) is 121 cm³/mol. The van der Waals surface area contributed by atoms with Gasteiger partial charge in [-0.15, -0.1) is 0 Å². The molecule has 190 valence electrons. The monoisotopic (exact) mass is 482 g/mol. The number of hydrogen-bond donors (Lipinski definition) is 8. The van der Waals surface area contributed by atoms with Crippen molar-refractivity contribution in [2.24, 2.45) is 11.7 Å². The molecule has 0 spiro atoms. The molecule has 0 aliphatic rings. The van der Waals surface area contributed by atoms with Gasteiger partial charge in [0.25, 0.3) is 0 Å². The van der Waals surface area contributed by atoms with Gasteiger partial charge in [-0.25, -0.2) is 4.79 Å². The van der Waals surface area contributed by atoms with Crippen LogP contribution in [0, 0.1) is 5.92 Å². The number of amides is 3. The highest BCUT2D eigenvalue weighted by Gasteiger charge is 2.33. The highest BCUT2D eigenvalue weighted by atomic mass is 16.4. The van der Waals surface area contributed by atoms with E-state index in [1.807, 2.05) is 6.92 Å². The van der Waals surface area contributed by atoms with Crippen molar-refractivity contribution < 1.29 is 39.6 Å². The van der Waals surface area contributed by atoms with Gasteiger partial charge in [0.1, 0.15) is 23.9 Å². The zero-order valence-corrected chi connectivity index (χ0v) is 19.4. The molecule has 0 saturated heterocycles. The first-order valence-corrected chi connectivity index (χ1v) is 10.9. The molecule has 0 fully saturated rings. The van der Waals surface area contributed by atoms with Gasteiger partial charge < -0.3 is 42.1 Å². The number of aliphatic hydroxyl groups is 2. The summed E-state index contributed by atoms with van der Waals surface area (Å²) in [7, 11) is 0. The van der Waals surface area contributed by atoms with Crippen LogP contribution in [0.5, 0.6) is 5.75 Å². The maximum absolute atomic E-state index is 12.7. The molecule has 0 saturated carbocycles. The van der Waals surface area contributed by atoms with E-state index in [1.165, 1.54) is 31.2 Å². The molecule has 0 heterocycles. The van der Waals surface area contributed by atoms with Crippen LogP contribution in [0.3, 0.4) is 0 Å². The third-order valence-electron chi connectivity index (χ3n) is 5.43. The summed E-state index contributed by atoms with van der Waals surface area (Å²) in [6.07, 6.45) is -0.932. The zero-order chi connectivity index (χ0) is 26.0. The van der Waals surface area contributed by atoms with E-state index in [4.69, 9.17) is 5.73 Å². The Bertz CT molecular complexity index is 846. The molecule has 3 amide bonds. The maximum atomic E-state index is 12.7. The number of carbonyl (C=O) groups is 4. The topological polar surface area (TPSA) is 211 Å². The van der Waals surface area contributed by atoms with E-state index < -0.39 is 60.6 Å². The van der Waals surface area contributed by atoms with Crippen molar-refractivity contribution in [2.45, 2.75) is 63.9 Å². The Kier molecular flexibility index (Phi) is 11.4. The molecule has 9 N–H and O–H groups in total. The van der Waals surface area contributed by atoms with Gasteiger partial charge in [-0.2, -0.15) is 0 Å². The van der Waals surface area contributed by atoms with Crippen LogP contribution in [0.1, 0.15) is 32.8 Å². The van der Waals surface area contributed by atoms with Gasteiger partial charge in [-0.05, 0) is 30.5 Å². The van der Waals surface area contributed by atoms with Crippen molar-refractivity contribution in [3.8, 4) is 5.75 Å². The lowest BCUT2D eigenvalue weighted by Gasteiger charge is -2.26. The first kappa shape index (κ1) is 28.8. The van der Waals surface area contributed by atoms with Crippen LogP contribution in [0.2, 0.25) is 0 Å². The second-order valence-electron chi connectivity index (χ2n) is 8.15. The van der Waals surface area contributed by atoms with E-state index >= 15 is 0 Å². The van der Waals surface area contributed by atoms with E-state index in [1.54, 1.807) is 6.92 Å². The van der Waals surface area contributed by atoms with Crippen molar-refractivity contribution >= 4 is 23.7 Å². The quantitative estimate of drug-likeness (QED) is 0.159. The van der Waals surface area contributed by atoms with Crippen LogP contribution in [-0.4, -0.2) is 81.0 Å². The second kappa shape index (κ2) is 13.5. The number of phenols is 1. The Morgan fingerprint density at radius 1 is 0.941 bits per heavy atom. The molecule has 0 aliphatic carbocycles. The van der Waals surface area contributed by atoms with Crippen molar-refractivity contribution in [3.05, 3.63) is 29.8 Å². The van der Waals surface area contributed by atoms with Gasteiger partial charge in [0.2, 0.25) is 17.7 Å². The van der Waals surface area contributed by atoms with Gasteiger partial charge in [0, 0.05) is 6.42 Å². The van der Waals surface area contributed by atoms with Crippen LogP contribution >= 0.6 is 0 Å². The van der Waals surface area contributed by atoms with Crippen molar-refractivity contribution in [1.82, 2.24) is 16.0 Å². The summed E-state index contributed by atoms with van der Waals surface area (Å²) in [5.74, 6) is -4.14.